The highest BCUT2D eigenvalue weighted by molar-refractivity contribution is 7.98. The van der Waals surface area contributed by atoms with Gasteiger partial charge in [0.2, 0.25) is 0 Å². The molecule has 0 fully saturated rings. The number of benzene rings is 3. The maximum absolute atomic E-state index is 13.2. The molecule has 0 spiro atoms. The van der Waals surface area contributed by atoms with Crippen LogP contribution in [0.2, 0.25) is 0 Å². The Morgan fingerprint density at radius 1 is 1.00 bits per heavy atom. The number of thioether (sulfide) groups is 1. The molecule has 1 amide bonds. The van der Waals surface area contributed by atoms with Gasteiger partial charge in [-0.25, -0.2) is 0 Å². The molecule has 0 bridgehead atoms. The van der Waals surface area contributed by atoms with Gasteiger partial charge in [0.15, 0.2) is 0 Å². The van der Waals surface area contributed by atoms with Gasteiger partial charge in [0.05, 0.1) is 12.3 Å². The first-order valence-corrected chi connectivity index (χ1v) is 10.4. The van der Waals surface area contributed by atoms with E-state index in [-0.39, 0.29) is 5.91 Å². The third-order valence-corrected chi connectivity index (χ3v) is 4.95. The van der Waals surface area contributed by atoms with E-state index in [1.165, 1.54) is 0 Å². The van der Waals surface area contributed by atoms with Crippen molar-refractivity contribution < 1.29 is 9.53 Å². The number of carbonyl (C=O) groups is 1. The third-order valence-electron chi connectivity index (χ3n) is 4.22. The Hall–Kier alpha value is -2.92. The number of nitrogens with one attached hydrogen (secondary N) is 2. The minimum Gasteiger partial charge on any atom is -0.492 e. The number of hydrogen-bond donors (Lipinski definition) is 2. The maximum atomic E-state index is 13.2. The summed E-state index contributed by atoms with van der Waals surface area (Å²) in [6.07, 6.45) is 2.03. The number of ether oxygens (including phenoxy) is 1. The molecule has 0 heterocycles. The normalized spacial score (nSPS) is 11.5. The van der Waals surface area contributed by atoms with E-state index in [1.807, 2.05) is 92.0 Å². The Morgan fingerprint density at radius 2 is 1.75 bits per heavy atom. The highest BCUT2D eigenvalue weighted by Gasteiger charge is 2.21. The first-order valence-electron chi connectivity index (χ1n) is 9.19. The predicted molar refractivity (Wildman–Crippen MR) is 117 cm³/mol. The molecule has 3 aromatic rings. The van der Waals surface area contributed by atoms with Gasteiger partial charge in [-0.2, -0.15) is 0 Å². The summed E-state index contributed by atoms with van der Waals surface area (Å²) in [6.45, 7) is 2.46. The lowest BCUT2D eigenvalue weighted by molar-refractivity contribution is -0.117. The van der Waals surface area contributed by atoms with E-state index in [0.717, 1.165) is 16.1 Å². The molecule has 1 atom stereocenters. The molecule has 0 saturated carbocycles. The second-order valence-corrected chi connectivity index (χ2v) is 7.02. The number of amides is 1. The summed E-state index contributed by atoms with van der Waals surface area (Å²) >= 11 is 1.67. The van der Waals surface area contributed by atoms with E-state index in [2.05, 4.69) is 10.6 Å². The molecule has 0 aliphatic heterocycles. The standard InChI is InChI=1S/C23H24N2O2S/c1-3-27-21-15-8-7-14-20(21)25-23(26)22(17-10-5-4-6-11-17)24-18-12-9-13-19(16-18)28-2/h4-16,22,24H,3H2,1-2H3,(H,25,26). The molecule has 3 rings (SSSR count). The molecule has 144 valence electrons. The summed E-state index contributed by atoms with van der Waals surface area (Å²) in [7, 11) is 0. The summed E-state index contributed by atoms with van der Waals surface area (Å²) in [6, 6.07) is 24.7. The third kappa shape index (κ3) is 5.08. The van der Waals surface area contributed by atoms with Crippen molar-refractivity contribution in [1.29, 1.82) is 0 Å². The highest BCUT2D eigenvalue weighted by Crippen LogP contribution is 2.28. The summed E-state index contributed by atoms with van der Waals surface area (Å²) in [5, 5.41) is 6.39. The van der Waals surface area contributed by atoms with Gasteiger partial charge >= 0.3 is 0 Å². The Balaban J connectivity index is 1.87. The summed E-state index contributed by atoms with van der Waals surface area (Å²) in [5.74, 6) is 0.516. The topological polar surface area (TPSA) is 50.4 Å². The average molecular weight is 393 g/mol. The van der Waals surface area contributed by atoms with Crippen molar-refractivity contribution in [3.8, 4) is 5.75 Å². The van der Waals surface area contributed by atoms with Crippen LogP contribution in [0.3, 0.4) is 0 Å². The van der Waals surface area contributed by atoms with Crippen molar-refractivity contribution in [2.24, 2.45) is 0 Å². The van der Waals surface area contributed by atoms with Gasteiger partial charge < -0.3 is 15.4 Å². The lowest BCUT2D eigenvalue weighted by Gasteiger charge is -2.21. The van der Waals surface area contributed by atoms with Crippen molar-refractivity contribution >= 4 is 29.0 Å². The van der Waals surface area contributed by atoms with Gasteiger partial charge in [-0.1, -0.05) is 48.5 Å². The number of hydrogen-bond acceptors (Lipinski definition) is 4. The van der Waals surface area contributed by atoms with E-state index in [4.69, 9.17) is 4.74 Å². The van der Waals surface area contributed by atoms with Gasteiger partial charge in [-0.3, -0.25) is 4.79 Å². The molecule has 2 N–H and O–H groups in total. The highest BCUT2D eigenvalue weighted by atomic mass is 32.2. The minimum atomic E-state index is -0.534. The molecule has 0 radical (unpaired) electrons. The second-order valence-electron chi connectivity index (χ2n) is 6.14. The molecule has 5 heteroatoms. The van der Waals surface area contributed by atoms with E-state index in [1.54, 1.807) is 11.8 Å². The van der Waals surface area contributed by atoms with E-state index >= 15 is 0 Å². The fourth-order valence-electron chi connectivity index (χ4n) is 2.88. The molecule has 0 aromatic heterocycles. The lowest BCUT2D eigenvalue weighted by atomic mass is 10.1. The van der Waals surface area contributed by atoms with E-state index in [9.17, 15) is 4.79 Å². The number of anilines is 2. The van der Waals surface area contributed by atoms with Crippen molar-refractivity contribution in [2.45, 2.75) is 17.9 Å². The number of carbonyl (C=O) groups excluding carboxylic acids is 1. The quantitative estimate of drug-likeness (QED) is 0.490. The van der Waals surface area contributed by atoms with Gasteiger partial charge in [0.25, 0.3) is 5.91 Å². The summed E-state index contributed by atoms with van der Waals surface area (Å²) in [4.78, 5) is 14.3. The molecular weight excluding hydrogens is 368 g/mol. The van der Waals surface area contributed by atoms with Crippen LogP contribution in [0.1, 0.15) is 18.5 Å². The molecule has 1 unspecified atom stereocenters. The predicted octanol–water partition coefficient (Wildman–Crippen LogP) is 5.60. The van der Waals surface area contributed by atoms with Crippen LogP contribution >= 0.6 is 11.8 Å². The number of rotatable bonds is 8. The molecule has 28 heavy (non-hydrogen) atoms. The monoisotopic (exact) mass is 392 g/mol. The molecule has 0 saturated heterocycles. The summed E-state index contributed by atoms with van der Waals surface area (Å²) in [5.41, 5.74) is 2.45. The van der Waals surface area contributed by atoms with E-state index < -0.39 is 6.04 Å². The van der Waals surface area contributed by atoms with Gasteiger partial charge in [-0.05, 0) is 49.1 Å². The van der Waals surface area contributed by atoms with Crippen molar-refractivity contribution in [2.75, 3.05) is 23.5 Å². The molecular formula is C23H24N2O2S. The molecule has 0 aliphatic carbocycles. The van der Waals surface area contributed by atoms with Crippen LogP contribution in [0, 0.1) is 0 Å². The van der Waals surface area contributed by atoms with Gasteiger partial charge in [-0.15, -0.1) is 11.8 Å². The van der Waals surface area contributed by atoms with Crippen LogP contribution in [0.15, 0.2) is 83.8 Å². The summed E-state index contributed by atoms with van der Waals surface area (Å²) < 4.78 is 5.63. The zero-order chi connectivity index (χ0) is 19.8. The largest absolute Gasteiger partial charge is 0.492 e. The van der Waals surface area contributed by atoms with Crippen LogP contribution in [-0.4, -0.2) is 18.8 Å². The second kappa shape index (κ2) is 9.85. The fourth-order valence-corrected chi connectivity index (χ4v) is 3.34. The van der Waals surface area contributed by atoms with E-state index in [0.29, 0.717) is 18.0 Å². The molecule has 0 aliphatic rings. The van der Waals surface area contributed by atoms with Crippen LogP contribution in [0.25, 0.3) is 0 Å². The van der Waals surface area contributed by atoms with Crippen molar-refractivity contribution in [1.82, 2.24) is 0 Å². The lowest BCUT2D eigenvalue weighted by Crippen LogP contribution is -2.27. The van der Waals surface area contributed by atoms with Crippen LogP contribution in [0.5, 0.6) is 5.75 Å². The van der Waals surface area contributed by atoms with Gasteiger partial charge in [0.1, 0.15) is 11.8 Å². The first kappa shape index (κ1) is 19.8. The first-order chi connectivity index (χ1) is 13.7. The van der Waals surface area contributed by atoms with Crippen LogP contribution in [-0.2, 0) is 4.79 Å². The molecule has 3 aromatic carbocycles. The Bertz CT molecular complexity index is 915. The smallest absolute Gasteiger partial charge is 0.251 e. The Labute approximate surface area is 170 Å². The SMILES string of the molecule is CCOc1ccccc1NC(=O)C(Nc1cccc(SC)c1)c1ccccc1. The zero-order valence-electron chi connectivity index (χ0n) is 16.0. The van der Waals surface area contributed by atoms with Crippen LogP contribution in [0.4, 0.5) is 11.4 Å². The van der Waals surface area contributed by atoms with Gasteiger partial charge in [0, 0.05) is 10.6 Å². The fraction of sp³-hybridized carbons (Fsp3) is 0.174. The number of para-hydroxylation sites is 2. The van der Waals surface area contributed by atoms with Crippen LogP contribution < -0.4 is 15.4 Å². The maximum Gasteiger partial charge on any atom is 0.251 e. The van der Waals surface area contributed by atoms with Crippen molar-refractivity contribution in [3.63, 3.8) is 0 Å². The Kier molecular flexibility index (Phi) is 6.98. The Morgan fingerprint density at radius 3 is 2.50 bits per heavy atom. The minimum absolute atomic E-state index is 0.145. The molecule has 4 nitrogen and oxygen atoms in total. The average Bonchev–Trinajstić information content (AvgIpc) is 2.74. The zero-order valence-corrected chi connectivity index (χ0v) is 16.8. The van der Waals surface area contributed by atoms with Crippen molar-refractivity contribution in [3.05, 3.63) is 84.4 Å².